The largest absolute Gasteiger partial charge is 0.494 e. The molecule has 0 aromatic heterocycles. The van der Waals surface area contributed by atoms with Crippen molar-refractivity contribution in [3.8, 4) is 17.2 Å². The molecule has 1 amide bonds. The number of carbonyl (C=O) groups is 2. The minimum Gasteiger partial charge on any atom is -0.494 e. The molecule has 0 atom stereocenters. The number of nitrogens with one attached hydrogen (secondary N) is 1. The van der Waals surface area contributed by atoms with Gasteiger partial charge < -0.3 is 14.2 Å². The van der Waals surface area contributed by atoms with Gasteiger partial charge in [0.15, 0.2) is 11.5 Å². The third-order valence-corrected chi connectivity index (χ3v) is 4.64. The van der Waals surface area contributed by atoms with E-state index in [1.54, 1.807) is 42.5 Å². The van der Waals surface area contributed by atoms with Crippen LogP contribution >= 0.6 is 0 Å². The molecule has 0 radical (unpaired) electrons. The molecule has 7 nitrogen and oxygen atoms in total. The summed E-state index contributed by atoms with van der Waals surface area (Å²) in [6, 6.07) is 21.3. The van der Waals surface area contributed by atoms with Crippen molar-refractivity contribution in [3.05, 3.63) is 89.5 Å². The summed E-state index contributed by atoms with van der Waals surface area (Å²) in [6.45, 7) is 4.88. The Balaban J connectivity index is 1.62. The maximum atomic E-state index is 12.6. The van der Waals surface area contributed by atoms with Crippen LogP contribution in [0.3, 0.4) is 0 Å². The molecule has 34 heavy (non-hydrogen) atoms. The van der Waals surface area contributed by atoms with E-state index in [4.69, 9.17) is 14.2 Å². The van der Waals surface area contributed by atoms with Crippen LogP contribution < -0.4 is 19.6 Å². The highest BCUT2D eigenvalue weighted by Crippen LogP contribution is 2.29. The van der Waals surface area contributed by atoms with Gasteiger partial charge in [-0.05, 0) is 66.9 Å². The molecule has 3 rings (SSSR count). The Labute approximate surface area is 199 Å². The van der Waals surface area contributed by atoms with Gasteiger partial charge in [0, 0.05) is 0 Å². The maximum absolute atomic E-state index is 12.6. The quantitative estimate of drug-likeness (QED) is 0.193. The Morgan fingerprint density at radius 3 is 2.38 bits per heavy atom. The van der Waals surface area contributed by atoms with Gasteiger partial charge in [-0.2, -0.15) is 5.10 Å². The lowest BCUT2D eigenvalue weighted by atomic mass is 10.1. The number of hydrogen-bond acceptors (Lipinski definition) is 6. The predicted octanol–water partition coefficient (Wildman–Crippen LogP) is 4.79. The van der Waals surface area contributed by atoms with E-state index in [1.165, 1.54) is 6.21 Å². The van der Waals surface area contributed by atoms with E-state index in [-0.39, 0.29) is 12.3 Å². The Bertz CT molecular complexity index is 1110. The van der Waals surface area contributed by atoms with E-state index >= 15 is 0 Å². The van der Waals surface area contributed by atoms with Crippen molar-refractivity contribution in [2.75, 3.05) is 13.2 Å². The van der Waals surface area contributed by atoms with Gasteiger partial charge in [-0.1, -0.05) is 37.3 Å². The molecule has 176 valence electrons. The Kier molecular flexibility index (Phi) is 9.22. The fraction of sp³-hybridized carbons (Fsp3) is 0.222. The van der Waals surface area contributed by atoms with Gasteiger partial charge in [-0.15, -0.1) is 0 Å². The van der Waals surface area contributed by atoms with E-state index in [9.17, 15) is 9.59 Å². The Hall–Kier alpha value is -4.13. The van der Waals surface area contributed by atoms with Gasteiger partial charge in [-0.25, -0.2) is 10.2 Å². The number of nitrogens with zero attached hydrogens (tertiary/aromatic N) is 1. The molecule has 7 heteroatoms. The van der Waals surface area contributed by atoms with E-state index in [0.29, 0.717) is 41.6 Å². The summed E-state index contributed by atoms with van der Waals surface area (Å²) in [6.07, 6.45) is 2.65. The van der Waals surface area contributed by atoms with Crippen molar-refractivity contribution in [1.29, 1.82) is 0 Å². The van der Waals surface area contributed by atoms with E-state index in [2.05, 4.69) is 10.5 Å². The van der Waals surface area contributed by atoms with E-state index in [0.717, 1.165) is 12.0 Å². The standard InChI is InChI=1S/C27H28N2O5/c1-3-16-33-23-13-11-22(12-14-23)27(31)34-24-15-10-21(17-25(24)32-4-2)19-28-29-26(30)18-20-8-6-5-7-9-20/h5-15,17,19H,3-4,16,18H2,1-2H3,(H,29,30)/b28-19+. The minimum absolute atomic E-state index is 0.218. The second kappa shape index (κ2) is 12.8. The lowest BCUT2D eigenvalue weighted by Gasteiger charge is -2.12. The SMILES string of the molecule is CCCOc1ccc(C(=O)Oc2ccc(/C=N/NC(=O)Cc3ccccc3)cc2OCC)cc1. The summed E-state index contributed by atoms with van der Waals surface area (Å²) in [5.74, 6) is 0.677. The summed E-state index contributed by atoms with van der Waals surface area (Å²) in [7, 11) is 0. The predicted molar refractivity (Wildman–Crippen MR) is 131 cm³/mol. The molecule has 1 N–H and O–H groups in total. The number of hydrazone groups is 1. The topological polar surface area (TPSA) is 86.2 Å². The van der Waals surface area contributed by atoms with Crippen LogP contribution in [0.2, 0.25) is 0 Å². The highest BCUT2D eigenvalue weighted by molar-refractivity contribution is 5.92. The number of rotatable bonds is 11. The summed E-state index contributed by atoms with van der Waals surface area (Å²) >= 11 is 0. The first-order chi connectivity index (χ1) is 16.6. The van der Waals surface area contributed by atoms with Crippen molar-refractivity contribution in [1.82, 2.24) is 5.43 Å². The normalized spacial score (nSPS) is 10.6. The molecule has 0 saturated carbocycles. The van der Waals surface area contributed by atoms with Gasteiger partial charge in [-0.3, -0.25) is 4.79 Å². The molecule has 0 saturated heterocycles. The summed E-state index contributed by atoms with van der Waals surface area (Å²) in [5.41, 5.74) is 4.50. The van der Waals surface area contributed by atoms with E-state index in [1.807, 2.05) is 44.2 Å². The first kappa shape index (κ1) is 24.5. The van der Waals surface area contributed by atoms with Gasteiger partial charge >= 0.3 is 5.97 Å². The van der Waals surface area contributed by atoms with Crippen molar-refractivity contribution in [3.63, 3.8) is 0 Å². The molecule has 0 aliphatic carbocycles. The van der Waals surface area contributed by atoms with E-state index < -0.39 is 5.97 Å². The molecular weight excluding hydrogens is 432 g/mol. The first-order valence-electron chi connectivity index (χ1n) is 11.2. The first-order valence-corrected chi connectivity index (χ1v) is 11.2. The average molecular weight is 461 g/mol. The molecule has 0 spiro atoms. The number of hydrogen-bond donors (Lipinski definition) is 1. The Morgan fingerprint density at radius 2 is 1.68 bits per heavy atom. The second-order valence-corrected chi connectivity index (χ2v) is 7.36. The number of carbonyl (C=O) groups excluding carboxylic acids is 2. The monoisotopic (exact) mass is 460 g/mol. The number of esters is 1. The molecule has 0 aliphatic heterocycles. The fourth-order valence-electron chi connectivity index (χ4n) is 3.02. The molecule has 3 aromatic rings. The second-order valence-electron chi connectivity index (χ2n) is 7.36. The third-order valence-electron chi connectivity index (χ3n) is 4.64. The van der Waals surface area contributed by atoms with Gasteiger partial charge in [0.2, 0.25) is 5.91 Å². The Morgan fingerprint density at radius 1 is 0.912 bits per heavy atom. The fourth-order valence-corrected chi connectivity index (χ4v) is 3.02. The molecule has 0 fully saturated rings. The van der Waals surface area contributed by atoms with Gasteiger partial charge in [0.1, 0.15) is 5.75 Å². The average Bonchev–Trinajstić information content (AvgIpc) is 2.85. The van der Waals surface area contributed by atoms with Crippen molar-refractivity contribution in [2.24, 2.45) is 5.10 Å². The van der Waals surface area contributed by atoms with Gasteiger partial charge in [0.05, 0.1) is 31.4 Å². The zero-order chi connectivity index (χ0) is 24.2. The molecule has 0 heterocycles. The summed E-state index contributed by atoms with van der Waals surface area (Å²) < 4.78 is 16.7. The van der Waals surface area contributed by atoms with Crippen LogP contribution in [0.25, 0.3) is 0 Å². The van der Waals surface area contributed by atoms with Crippen LogP contribution in [0.15, 0.2) is 77.9 Å². The van der Waals surface area contributed by atoms with Crippen molar-refractivity contribution in [2.45, 2.75) is 26.7 Å². The van der Waals surface area contributed by atoms with Crippen molar-refractivity contribution < 1.29 is 23.8 Å². The smallest absolute Gasteiger partial charge is 0.343 e. The van der Waals surface area contributed by atoms with Crippen LogP contribution in [0, 0.1) is 0 Å². The molecule has 3 aromatic carbocycles. The molecule has 0 bridgehead atoms. The van der Waals surface area contributed by atoms with Crippen LogP contribution in [-0.4, -0.2) is 31.3 Å². The summed E-state index contributed by atoms with van der Waals surface area (Å²) in [5, 5.41) is 4.01. The number of amides is 1. The molecule has 0 unspecified atom stereocenters. The summed E-state index contributed by atoms with van der Waals surface area (Å²) in [4.78, 5) is 24.6. The van der Waals surface area contributed by atoms with Crippen LogP contribution in [0.5, 0.6) is 17.2 Å². The highest BCUT2D eigenvalue weighted by atomic mass is 16.6. The number of ether oxygens (including phenoxy) is 3. The minimum atomic E-state index is -0.502. The van der Waals surface area contributed by atoms with Crippen LogP contribution in [-0.2, 0) is 11.2 Å². The lowest BCUT2D eigenvalue weighted by molar-refractivity contribution is -0.120. The zero-order valence-electron chi connectivity index (χ0n) is 19.3. The van der Waals surface area contributed by atoms with Crippen LogP contribution in [0.1, 0.15) is 41.8 Å². The van der Waals surface area contributed by atoms with Crippen LogP contribution in [0.4, 0.5) is 0 Å². The maximum Gasteiger partial charge on any atom is 0.343 e. The third kappa shape index (κ3) is 7.48. The molecular formula is C27H28N2O5. The van der Waals surface area contributed by atoms with Crippen molar-refractivity contribution >= 4 is 18.1 Å². The molecule has 0 aliphatic rings. The number of benzene rings is 3. The lowest BCUT2D eigenvalue weighted by Crippen LogP contribution is -2.19. The zero-order valence-corrected chi connectivity index (χ0v) is 19.3. The highest BCUT2D eigenvalue weighted by Gasteiger charge is 2.13. The van der Waals surface area contributed by atoms with Gasteiger partial charge in [0.25, 0.3) is 0 Å².